The Morgan fingerprint density at radius 3 is 2.48 bits per heavy atom. The minimum Gasteiger partial charge on any atom is -0.481 e. The number of hydrogen-bond acceptors (Lipinski definition) is 4. The SMILES string of the molecule is CC(NS(=O)(=O)c1ccc(Cl)cc1)C(=O)N1CCCC(C)(C(=O)O)C1. The van der Waals surface area contributed by atoms with Crippen LogP contribution in [-0.4, -0.2) is 49.4 Å². The number of carbonyl (C=O) groups excluding carboxylic acids is 1. The monoisotopic (exact) mass is 388 g/mol. The summed E-state index contributed by atoms with van der Waals surface area (Å²) < 4.78 is 27.1. The van der Waals surface area contributed by atoms with Crippen LogP contribution >= 0.6 is 11.6 Å². The van der Waals surface area contributed by atoms with E-state index in [4.69, 9.17) is 11.6 Å². The molecule has 7 nitrogen and oxygen atoms in total. The lowest BCUT2D eigenvalue weighted by Gasteiger charge is -2.38. The average Bonchev–Trinajstić information content (AvgIpc) is 2.54. The maximum atomic E-state index is 12.6. The number of benzene rings is 1. The van der Waals surface area contributed by atoms with Gasteiger partial charge >= 0.3 is 5.97 Å². The Morgan fingerprint density at radius 2 is 1.92 bits per heavy atom. The fourth-order valence-corrected chi connectivity index (χ4v) is 4.16. The zero-order valence-electron chi connectivity index (χ0n) is 14.0. The number of nitrogens with one attached hydrogen (secondary N) is 1. The van der Waals surface area contributed by atoms with Crippen LogP contribution in [0, 0.1) is 5.41 Å². The number of hydrogen-bond donors (Lipinski definition) is 2. The summed E-state index contributed by atoms with van der Waals surface area (Å²) in [6, 6.07) is 4.60. The zero-order valence-corrected chi connectivity index (χ0v) is 15.6. The molecule has 1 saturated heterocycles. The molecule has 1 aliphatic rings. The van der Waals surface area contributed by atoms with Crippen molar-refractivity contribution in [1.82, 2.24) is 9.62 Å². The number of piperidine rings is 1. The van der Waals surface area contributed by atoms with E-state index >= 15 is 0 Å². The molecule has 0 saturated carbocycles. The van der Waals surface area contributed by atoms with Crippen molar-refractivity contribution in [1.29, 1.82) is 0 Å². The van der Waals surface area contributed by atoms with Crippen molar-refractivity contribution in [3.63, 3.8) is 0 Å². The highest BCUT2D eigenvalue weighted by molar-refractivity contribution is 7.89. The Hall–Kier alpha value is -1.64. The van der Waals surface area contributed by atoms with Gasteiger partial charge < -0.3 is 10.0 Å². The van der Waals surface area contributed by atoms with Crippen molar-refractivity contribution in [2.45, 2.75) is 37.6 Å². The molecule has 1 amide bonds. The molecule has 0 aliphatic carbocycles. The third kappa shape index (κ3) is 4.50. The minimum absolute atomic E-state index is 0.00516. The molecule has 2 atom stereocenters. The lowest BCUT2D eigenvalue weighted by Crippen LogP contribution is -2.53. The molecule has 1 aromatic rings. The number of carboxylic acid groups (broad SMARTS) is 1. The van der Waals surface area contributed by atoms with E-state index < -0.39 is 33.4 Å². The fraction of sp³-hybridized carbons (Fsp3) is 0.500. The van der Waals surface area contributed by atoms with Gasteiger partial charge in [-0.05, 0) is 51.0 Å². The highest BCUT2D eigenvalue weighted by Crippen LogP contribution is 2.30. The van der Waals surface area contributed by atoms with Gasteiger partial charge in [0, 0.05) is 18.1 Å². The van der Waals surface area contributed by atoms with Crippen LogP contribution in [0.3, 0.4) is 0 Å². The summed E-state index contributed by atoms with van der Waals surface area (Å²) >= 11 is 5.75. The van der Waals surface area contributed by atoms with E-state index in [1.54, 1.807) is 6.92 Å². The van der Waals surface area contributed by atoms with Crippen LogP contribution in [0.15, 0.2) is 29.2 Å². The van der Waals surface area contributed by atoms with Gasteiger partial charge in [-0.3, -0.25) is 9.59 Å². The van der Waals surface area contributed by atoms with E-state index in [2.05, 4.69) is 4.72 Å². The predicted octanol–water partition coefficient (Wildman–Crippen LogP) is 1.72. The van der Waals surface area contributed by atoms with Crippen LogP contribution in [-0.2, 0) is 19.6 Å². The maximum absolute atomic E-state index is 12.6. The normalized spacial score (nSPS) is 22.4. The summed E-state index contributed by atoms with van der Waals surface area (Å²) in [5.74, 6) is -1.40. The number of nitrogens with zero attached hydrogens (tertiary/aromatic N) is 1. The van der Waals surface area contributed by atoms with Gasteiger partial charge in [-0.1, -0.05) is 11.6 Å². The molecule has 2 rings (SSSR count). The van der Waals surface area contributed by atoms with Crippen LogP contribution in [0.5, 0.6) is 0 Å². The van der Waals surface area contributed by atoms with Crippen LogP contribution in [0.25, 0.3) is 0 Å². The second-order valence-corrected chi connectivity index (χ2v) is 8.68. The highest BCUT2D eigenvalue weighted by atomic mass is 35.5. The van der Waals surface area contributed by atoms with Crippen LogP contribution in [0.1, 0.15) is 26.7 Å². The van der Waals surface area contributed by atoms with E-state index in [1.807, 2.05) is 0 Å². The van der Waals surface area contributed by atoms with Crippen LogP contribution in [0.4, 0.5) is 0 Å². The van der Waals surface area contributed by atoms with Crippen LogP contribution in [0.2, 0.25) is 5.02 Å². The Balaban J connectivity index is 2.09. The lowest BCUT2D eigenvalue weighted by molar-refractivity contribution is -0.153. The number of carboxylic acids is 1. The third-order valence-corrected chi connectivity index (χ3v) is 6.16. The number of halogens is 1. The number of rotatable bonds is 5. The van der Waals surface area contributed by atoms with Crippen molar-refractivity contribution in [2.75, 3.05) is 13.1 Å². The second-order valence-electron chi connectivity index (χ2n) is 6.53. The first kappa shape index (κ1) is 19.7. The summed E-state index contributed by atoms with van der Waals surface area (Å²) in [6.07, 6.45) is 1.04. The molecule has 0 radical (unpaired) electrons. The van der Waals surface area contributed by atoms with E-state index in [0.717, 1.165) is 0 Å². The van der Waals surface area contributed by atoms with Gasteiger partial charge in [0.05, 0.1) is 16.4 Å². The zero-order chi connectivity index (χ0) is 18.8. The van der Waals surface area contributed by atoms with E-state index in [0.29, 0.717) is 24.4 Å². The van der Waals surface area contributed by atoms with Gasteiger partial charge in [-0.25, -0.2) is 8.42 Å². The molecule has 9 heteroatoms. The first-order chi connectivity index (χ1) is 11.5. The van der Waals surface area contributed by atoms with Crippen molar-refractivity contribution in [3.05, 3.63) is 29.3 Å². The van der Waals surface area contributed by atoms with Gasteiger partial charge in [0.2, 0.25) is 15.9 Å². The van der Waals surface area contributed by atoms with Crippen molar-refractivity contribution >= 4 is 33.5 Å². The molecule has 1 heterocycles. The molecule has 138 valence electrons. The Kier molecular flexibility index (Phi) is 5.75. The number of sulfonamides is 1. The summed E-state index contributed by atoms with van der Waals surface area (Å²) in [4.78, 5) is 25.4. The topological polar surface area (TPSA) is 104 Å². The molecule has 1 aliphatic heterocycles. The van der Waals surface area contributed by atoms with Gasteiger partial charge in [0.25, 0.3) is 0 Å². The third-order valence-electron chi connectivity index (χ3n) is 4.35. The maximum Gasteiger partial charge on any atom is 0.311 e. The van der Waals surface area contributed by atoms with Crippen LogP contribution < -0.4 is 4.72 Å². The summed E-state index contributed by atoms with van der Waals surface area (Å²) in [6.45, 7) is 3.52. The van der Waals surface area contributed by atoms with Gasteiger partial charge in [0.15, 0.2) is 0 Å². The first-order valence-electron chi connectivity index (χ1n) is 7.85. The summed E-state index contributed by atoms with van der Waals surface area (Å²) in [5, 5.41) is 9.74. The molecule has 0 spiro atoms. The highest BCUT2D eigenvalue weighted by Gasteiger charge is 2.40. The predicted molar refractivity (Wildman–Crippen MR) is 92.8 cm³/mol. The Morgan fingerprint density at radius 1 is 1.32 bits per heavy atom. The smallest absolute Gasteiger partial charge is 0.311 e. The molecule has 0 aromatic heterocycles. The van der Waals surface area contributed by atoms with Gasteiger partial charge in [-0.15, -0.1) is 0 Å². The first-order valence-corrected chi connectivity index (χ1v) is 9.71. The Labute approximate surface area is 152 Å². The van der Waals surface area contributed by atoms with Crippen molar-refractivity contribution < 1.29 is 23.1 Å². The Bertz CT molecular complexity index is 765. The van der Waals surface area contributed by atoms with Gasteiger partial charge in [-0.2, -0.15) is 4.72 Å². The summed E-state index contributed by atoms with van der Waals surface area (Å²) in [7, 11) is -3.88. The van der Waals surface area contributed by atoms with E-state index in [-0.39, 0.29) is 11.4 Å². The molecule has 2 N–H and O–H groups in total. The largest absolute Gasteiger partial charge is 0.481 e. The van der Waals surface area contributed by atoms with Crippen molar-refractivity contribution in [3.8, 4) is 0 Å². The lowest BCUT2D eigenvalue weighted by atomic mass is 9.82. The van der Waals surface area contributed by atoms with Crippen molar-refractivity contribution in [2.24, 2.45) is 5.41 Å². The van der Waals surface area contributed by atoms with E-state index in [1.165, 1.54) is 36.1 Å². The molecule has 25 heavy (non-hydrogen) atoms. The molecule has 1 fully saturated rings. The average molecular weight is 389 g/mol. The number of likely N-dealkylation sites (tertiary alicyclic amines) is 1. The minimum atomic E-state index is -3.88. The number of amides is 1. The van der Waals surface area contributed by atoms with E-state index in [9.17, 15) is 23.1 Å². The number of aliphatic carboxylic acids is 1. The summed E-state index contributed by atoms with van der Waals surface area (Å²) in [5.41, 5.74) is -1.01. The van der Waals surface area contributed by atoms with Gasteiger partial charge in [0.1, 0.15) is 0 Å². The molecule has 1 aromatic carbocycles. The molecular formula is C16H21ClN2O5S. The molecule has 2 unspecified atom stereocenters. The molecular weight excluding hydrogens is 368 g/mol. The second kappa shape index (κ2) is 7.31. The standard InChI is InChI=1S/C16H21ClN2O5S/c1-11(18-25(23,24)13-6-4-12(17)5-7-13)14(20)19-9-3-8-16(2,10-19)15(21)22/h4-7,11,18H,3,8-10H2,1-2H3,(H,21,22). The number of carbonyl (C=O) groups is 2. The molecule has 0 bridgehead atoms. The quantitative estimate of drug-likeness (QED) is 0.799. The fourth-order valence-electron chi connectivity index (χ4n) is 2.84.